The Morgan fingerprint density at radius 3 is 2.40 bits per heavy atom. The molecule has 0 spiro atoms. The third-order valence-corrected chi connectivity index (χ3v) is 2.87. The molecule has 0 radical (unpaired) electrons. The highest BCUT2D eigenvalue weighted by Gasteiger charge is 2.19. The maximum absolute atomic E-state index is 11.4. The summed E-state index contributed by atoms with van der Waals surface area (Å²) in [5.41, 5.74) is 7.34. The van der Waals surface area contributed by atoms with E-state index in [1.165, 1.54) is 19.1 Å². The Labute approximate surface area is 114 Å². The van der Waals surface area contributed by atoms with E-state index < -0.39 is 4.92 Å². The van der Waals surface area contributed by atoms with Crippen molar-refractivity contribution >= 4 is 17.3 Å². The van der Waals surface area contributed by atoms with Gasteiger partial charge in [0.05, 0.1) is 10.5 Å². The van der Waals surface area contributed by atoms with Gasteiger partial charge in [0.2, 0.25) is 5.82 Å². The third kappa shape index (κ3) is 2.46. The fraction of sp³-hybridized carbons (Fsp3) is 0.154. The van der Waals surface area contributed by atoms with Crippen LogP contribution in [0.25, 0.3) is 11.4 Å². The van der Waals surface area contributed by atoms with Crippen molar-refractivity contribution in [2.45, 2.75) is 13.8 Å². The number of nitrogens with two attached hydrogens (primary N) is 1. The van der Waals surface area contributed by atoms with Gasteiger partial charge in [0.1, 0.15) is 11.3 Å². The number of non-ortho nitro benzene ring substituents is 1. The molecule has 0 fully saturated rings. The van der Waals surface area contributed by atoms with Gasteiger partial charge >= 0.3 is 0 Å². The Kier molecular flexibility index (Phi) is 3.43. The fourth-order valence-corrected chi connectivity index (χ4v) is 1.96. The van der Waals surface area contributed by atoms with Crippen LogP contribution in [0.5, 0.6) is 0 Å². The molecule has 102 valence electrons. The van der Waals surface area contributed by atoms with E-state index in [1.54, 1.807) is 19.1 Å². The van der Waals surface area contributed by atoms with Crippen molar-refractivity contribution in [2.24, 2.45) is 0 Å². The number of carbonyl (C=O) groups is 1. The summed E-state index contributed by atoms with van der Waals surface area (Å²) in [6.07, 6.45) is 0. The predicted octanol–water partition coefficient (Wildman–Crippen LogP) is 1.56. The first-order chi connectivity index (χ1) is 9.40. The van der Waals surface area contributed by atoms with Gasteiger partial charge in [0, 0.05) is 12.1 Å². The predicted molar refractivity (Wildman–Crippen MR) is 72.0 cm³/mol. The number of aryl methyl sites for hydroxylation is 1. The van der Waals surface area contributed by atoms with Crippen molar-refractivity contribution < 1.29 is 14.7 Å². The molecule has 0 aliphatic carbocycles. The Morgan fingerprint density at radius 1 is 1.35 bits per heavy atom. The number of ketones is 1. The maximum Gasteiger partial charge on any atom is 0.269 e. The third-order valence-electron chi connectivity index (χ3n) is 2.87. The summed E-state index contributed by atoms with van der Waals surface area (Å²) < 4.78 is 0. The molecule has 7 heteroatoms. The van der Waals surface area contributed by atoms with Crippen molar-refractivity contribution in [3.8, 4) is 11.4 Å². The smallest absolute Gasteiger partial charge is 0.269 e. The van der Waals surface area contributed by atoms with Crippen LogP contribution in [0.1, 0.15) is 23.0 Å². The molecule has 0 aliphatic heterocycles. The van der Waals surface area contributed by atoms with Crippen LogP contribution in [0.4, 0.5) is 11.5 Å². The van der Waals surface area contributed by atoms with Crippen LogP contribution in [-0.4, -0.2) is 15.7 Å². The average molecular weight is 273 g/mol. The van der Waals surface area contributed by atoms with Crippen LogP contribution in [-0.2, 0) is 0 Å². The number of Topliss-reactive ketones (excluding diaryl/α,β-unsaturated/α-hetero) is 1. The lowest BCUT2D eigenvalue weighted by Gasteiger charge is -2.02. The number of nitrogens with zero attached hydrogens (tertiary/aromatic N) is 2. The molecule has 0 amide bonds. The molecule has 2 aromatic rings. The van der Waals surface area contributed by atoms with Gasteiger partial charge < -0.3 is 5.73 Å². The van der Waals surface area contributed by atoms with Crippen molar-refractivity contribution in [2.75, 3.05) is 5.73 Å². The molecule has 7 nitrogen and oxygen atoms in total. The summed E-state index contributed by atoms with van der Waals surface area (Å²) in [6.45, 7) is 3.11. The van der Waals surface area contributed by atoms with Gasteiger partial charge in [-0.3, -0.25) is 14.9 Å². The molecule has 2 rings (SSSR count). The quantitative estimate of drug-likeness (QED) is 0.518. The SMILES string of the molecule is CC(=O)c1c(C)nc(-c2ccc([N+](=O)[O-])cc2)[nH+]c1N. The van der Waals surface area contributed by atoms with Gasteiger partial charge in [-0.1, -0.05) is 0 Å². The largest absolute Gasteiger partial charge is 0.318 e. The van der Waals surface area contributed by atoms with Crippen LogP contribution in [0, 0.1) is 17.0 Å². The van der Waals surface area contributed by atoms with Crippen LogP contribution in [0.15, 0.2) is 24.3 Å². The van der Waals surface area contributed by atoms with E-state index in [1.807, 2.05) is 0 Å². The van der Waals surface area contributed by atoms with Gasteiger partial charge in [-0.15, -0.1) is 4.98 Å². The molecule has 1 heterocycles. The summed E-state index contributed by atoms with van der Waals surface area (Å²) in [7, 11) is 0. The standard InChI is InChI=1S/C13H12N4O3/c1-7-11(8(2)18)12(14)16-13(15-7)9-3-5-10(6-4-9)17(19)20/h3-6H,1-2H3,(H2,14,15,16)/p+1. The molecule has 0 bridgehead atoms. The highest BCUT2D eigenvalue weighted by atomic mass is 16.6. The van der Waals surface area contributed by atoms with Crippen molar-refractivity contribution in [1.82, 2.24) is 4.98 Å². The molecule has 0 aliphatic rings. The Morgan fingerprint density at radius 2 is 1.95 bits per heavy atom. The summed E-state index contributed by atoms with van der Waals surface area (Å²) in [5, 5.41) is 10.6. The number of hydrogen-bond acceptors (Lipinski definition) is 5. The number of H-pyrrole nitrogens is 1. The molecule has 0 atom stereocenters. The monoisotopic (exact) mass is 273 g/mol. The summed E-state index contributed by atoms with van der Waals surface area (Å²) in [6, 6.07) is 5.91. The van der Waals surface area contributed by atoms with Gasteiger partial charge in [0.15, 0.2) is 5.78 Å². The van der Waals surface area contributed by atoms with Gasteiger partial charge in [-0.25, -0.2) is 4.98 Å². The molecule has 20 heavy (non-hydrogen) atoms. The first kappa shape index (κ1) is 13.6. The number of nitrogens with one attached hydrogen (secondary N) is 1. The topological polar surface area (TPSA) is 113 Å². The Hall–Kier alpha value is -2.83. The van der Waals surface area contributed by atoms with Gasteiger partial charge in [-0.2, -0.15) is 0 Å². The van der Waals surface area contributed by atoms with Crippen LogP contribution in [0.3, 0.4) is 0 Å². The van der Waals surface area contributed by atoms with Gasteiger partial charge in [-0.05, 0) is 26.0 Å². The molecule has 0 saturated heterocycles. The fourth-order valence-electron chi connectivity index (χ4n) is 1.96. The lowest BCUT2D eigenvalue weighted by Crippen LogP contribution is -2.21. The maximum atomic E-state index is 11.4. The normalized spacial score (nSPS) is 10.3. The lowest BCUT2D eigenvalue weighted by atomic mass is 10.1. The second-order valence-corrected chi connectivity index (χ2v) is 4.32. The van der Waals surface area contributed by atoms with Crippen molar-refractivity contribution in [3.05, 3.63) is 45.6 Å². The molecule has 0 saturated carbocycles. The summed E-state index contributed by atoms with van der Waals surface area (Å²) in [5.74, 6) is 0.525. The number of aromatic amines is 1. The number of nitrogen functional groups attached to an aromatic ring is 1. The zero-order valence-corrected chi connectivity index (χ0v) is 11.0. The highest BCUT2D eigenvalue weighted by Crippen LogP contribution is 2.20. The minimum atomic E-state index is -0.473. The first-order valence-corrected chi connectivity index (χ1v) is 5.85. The molecule has 3 N–H and O–H groups in total. The molecular formula is C13H13N4O3+. The molecule has 1 aromatic heterocycles. The Bertz CT molecular complexity index is 672. The Balaban J connectivity index is 2.48. The van der Waals surface area contributed by atoms with E-state index in [2.05, 4.69) is 9.97 Å². The van der Waals surface area contributed by atoms with E-state index >= 15 is 0 Å². The zero-order chi connectivity index (χ0) is 14.9. The highest BCUT2D eigenvalue weighted by molar-refractivity contribution is 5.98. The lowest BCUT2D eigenvalue weighted by molar-refractivity contribution is -0.384. The van der Waals surface area contributed by atoms with Crippen molar-refractivity contribution in [3.63, 3.8) is 0 Å². The van der Waals surface area contributed by atoms with E-state index in [0.29, 0.717) is 22.6 Å². The van der Waals surface area contributed by atoms with Gasteiger partial charge in [0.25, 0.3) is 11.5 Å². The van der Waals surface area contributed by atoms with Crippen LogP contribution >= 0.6 is 0 Å². The molecule has 0 unspecified atom stereocenters. The average Bonchev–Trinajstić information content (AvgIpc) is 2.37. The van der Waals surface area contributed by atoms with Crippen LogP contribution in [0.2, 0.25) is 0 Å². The zero-order valence-electron chi connectivity index (χ0n) is 11.0. The number of nitro benzene ring substituents is 1. The van der Waals surface area contributed by atoms with E-state index in [4.69, 9.17) is 5.73 Å². The first-order valence-electron chi connectivity index (χ1n) is 5.85. The number of carbonyl (C=O) groups excluding carboxylic acids is 1. The number of benzene rings is 1. The molecular weight excluding hydrogens is 260 g/mol. The van der Waals surface area contributed by atoms with E-state index in [0.717, 1.165) is 0 Å². The molecule has 1 aromatic carbocycles. The number of aromatic nitrogens is 2. The van der Waals surface area contributed by atoms with Crippen LogP contribution < -0.4 is 10.7 Å². The minimum Gasteiger partial charge on any atom is -0.318 e. The number of nitro groups is 1. The number of hydrogen-bond donors (Lipinski definition) is 1. The minimum absolute atomic E-state index is 0.00111. The second kappa shape index (κ2) is 5.04. The van der Waals surface area contributed by atoms with E-state index in [9.17, 15) is 14.9 Å². The number of anilines is 1. The number of rotatable bonds is 3. The van der Waals surface area contributed by atoms with Crippen molar-refractivity contribution in [1.29, 1.82) is 0 Å². The van der Waals surface area contributed by atoms with E-state index in [-0.39, 0.29) is 17.3 Å². The summed E-state index contributed by atoms with van der Waals surface area (Å²) in [4.78, 5) is 28.7. The summed E-state index contributed by atoms with van der Waals surface area (Å²) >= 11 is 0. The second-order valence-electron chi connectivity index (χ2n) is 4.32.